The average molecular weight is 1950 g/mol. The number of methoxy groups -OCH3 is 3. The molecular formula is C78H110BI3N11O16S3. The van der Waals surface area contributed by atoms with Gasteiger partial charge in [0.2, 0.25) is 11.8 Å². The van der Waals surface area contributed by atoms with Crippen molar-refractivity contribution in [1.82, 2.24) is 57.1 Å². The van der Waals surface area contributed by atoms with Crippen LogP contribution in [0.3, 0.4) is 0 Å². The third kappa shape index (κ3) is 44.4. The Morgan fingerprint density at radius 1 is 0.491 bits per heavy atom. The zero-order valence-corrected chi connectivity index (χ0v) is 73.9. The van der Waals surface area contributed by atoms with Crippen molar-refractivity contribution in [3.8, 4) is 0 Å². The van der Waals surface area contributed by atoms with Crippen LogP contribution in [0.5, 0.6) is 0 Å². The first-order valence-electron chi connectivity index (χ1n) is 35.2. The summed E-state index contributed by atoms with van der Waals surface area (Å²) in [5, 5.41) is 31.6. The minimum Gasteiger partial charge on any atom is -0.480 e. The van der Waals surface area contributed by atoms with Crippen LogP contribution >= 0.6 is 95.2 Å². The van der Waals surface area contributed by atoms with E-state index in [1.165, 1.54) is 48.9 Å². The Morgan fingerprint density at radius 3 is 1.12 bits per heavy atom. The molecule has 34 heteroatoms. The fourth-order valence-corrected chi connectivity index (χ4v) is 12.2. The number of aliphatic carboxylic acids is 1. The van der Waals surface area contributed by atoms with Crippen LogP contribution in [0, 0.1) is 0 Å². The smallest absolute Gasteiger partial charge is 0.408 e. The van der Waals surface area contributed by atoms with Crippen LogP contribution < -0.4 is 37.2 Å². The molecule has 7 atom stereocenters. The van der Waals surface area contributed by atoms with E-state index in [2.05, 4.69) is 108 Å². The number of alkyl carbamates (subject to hydrolysis) is 4. The summed E-state index contributed by atoms with van der Waals surface area (Å²) in [6, 6.07) is 35.1. The summed E-state index contributed by atoms with van der Waals surface area (Å²) >= 11 is 8.65. The monoisotopic (exact) mass is 1940 g/mol. The van der Waals surface area contributed by atoms with Gasteiger partial charge in [0.25, 0.3) is 0 Å². The summed E-state index contributed by atoms with van der Waals surface area (Å²) in [6.45, 7) is 15.0. The number of rotatable bonds is 37. The van der Waals surface area contributed by atoms with E-state index < -0.39 is 65.7 Å². The minimum atomic E-state index is -1.16. The number of ether oxygens (including phenoxy) is 7. The van der Waals surface area contributed by atoms with Crippen LogP contribution in [0.25, 0.3) is 0 Å². The number of nitrogens with zero attached hydrogens (tertiary/aromatic N) is 4. The van der Waals surface area contributed by atoms with Gasteiger partial charge in [-0.2, -0.15) is 0 Å². The van der Waals surface area contributed by atoms with Gasteiger partial charge in [-0.25, -0.2) is 33.8 Å². The van der Waals surface area contributed by atoms with Crippen molar-refractivity contribution in [2.24, 2.45) is 0 Å². The molecule has 615 valence electrons. The second-order valence-electron chi connectivity index (χ2n) is 27.4. The van der Waals surface area contributed by atoms with Gasteiger partial charge in [0.05, 0.1) is 57.8 Å². The zero-order valence-electron chi connectivity index (χ0n) is 64.8. The molecule has 0 unspecified atom stereocenters. The number of aromatic nitrogens is 3. The van der Waals surface area contributed by atoms with Crippen molar-refractivity contribution in [2.45, 2.75) is 193 Å². The third-order valence-corrected chi connectivity index (χ3v) is 18.1. The number of thiazole rings is 3. The van der Waals surface area contributed by atoms with Crippen LogP contribution in [0.4, 0.5) is 24.0 Å². The third-order valence-electron chi connectivity index (χ3n) is 15.4. The number of nitrogens with one attached hydrogen (secondary N) is 7. The van der Waals surface area contributed by atoms with E-state index in [0.29, 0.717) is 63.8 Å². The maximum Gasteiger partial charge on any atom is 0.408 e. The van der Waals surface area contributed by atoms with E-state index in [1.807, 2.05) is 127 Å². The number of halogens is 3. The summed E-state index contributed by atoms with van der Waals surface area (Å²) in [7, 11) is 5.99. The zero-order chi connectivity index (χ0) is 80.2. The minimum absolute atomic E-state index is 0. The van der Waals surface area contributed by atoms with Crippen LogP contribution in [0.15, 0.2) is 150 Å². The molecule has 0 saturated carbocycles. The Kier molecular flexibility index (Phi) is 52.1. The molecule has 0 bridgehead atoms. The van der Waals surface area contributed by atoms with Gasteiger partial charge in [-0.1, -0.05) is 143 Å². The number of carboxylic acids is 1. The lowest BCUT2D eigenvalue weighted by Gasteiger charge is -2.27. The number of carbonyl (C=O) groups is 8. The Hall–Kier alpha value is -7.34. The SMILES string of the molecule is C.COC[C@H](NC(=O)N(C)Cc1csc(C(C)C)n1)C(=O)N[C@H](CC[C@H](Cc1ccccc1)NC(=O)OCc1cncs1)Cc1ccccc1.COC[C@H](NC(=O)OC(C)(C)C)C(=O)N[C@H](CC[C@H](Cc1ccccc1)NC(=O)OCc1cncs1)Cc1ccccc1.COC[C@H](NC(=O)OC(C)(C)C)C(=O)O.I.II.[B]. The van der Waals surface area contributed by atoms with E-state index >= 15 is 0 Å². The van der Waals surface area contributed by atoms with Gasteiger partial charge in [-0.3, -0.25) is 19.6 Å². The highest BCUT2D eigenvalue weighted by atomic mass is 128. The van der Waals surface area contributed by atoms with E-state index in [4.69, 9.17) is 33.5 Å². The van der Waals surface area contributed by atoms with Crippen molar-refractivity contribution in [1.29, 1.82) is 0 Å². The molecule has 8 amide bonds. The van der Waals surface area contributed by atoms with E-state index in [1.54, 1.807) is 83.3 Å². The molecule has 7 rings (SSSR count). The molecule has 7 aromatic rings. The fraction of sp³-hybridized carbons (Fsp3) is 0.474. The standard InChI is InChI=1S/C36H46N6O5S2.C32H42N4O6S.C9H17NO5.CH4.B.I2.HI/c1-25(2)34-39-30(23-48-34)20-42(3)35(44)41-32(22-46-4)33(43)38-28(17-26-11-7-5-8-12-26)15-16-29(18-27-13-9-6-10-14-27)40-36(45)47-21-31-19-37-24-49-31;1-32(2,3)42-31(39)36-28(21-40-4)29(37)34-25(17-23-11-7-5-8-12-23)15-16-26(18-24-13-9-6-10-14-24)35-30(38)41-20-27-19-33-22-43-27;1-9(2,3)15-8(13)10-6(5-14-4)7(11)12;;;1-2;/h5-14,19,23-25,28-29,32H,15-18,20-22H2,1-4H3,(H,38,43)(H,40,45)(H,41,44);5-14,19,22,25-26,28H,15-18,20-21H2,1-4H3,(H,34,37)(H,35,38)(H,36,39);6H,5H2,1-4H3,(H,10,13)(H,11,12);1H4;;;1H/t28-,29-,32+;25-,26-,28+;6-;;;;/m110..../s1. The summed E-state index contributed by atoms with van der Waals surface area (Å²) < 4.78 is 36.4. The fourth-order valence-electron chi connectivity index (χ4n) is 10.4. The molecule has 27 nitrogen and oxygen atoms in total. The Labute approximate surface area is 713 Å². The Balaban J connectivity index is 0.000000913. The van der Waals surface area contributed by atoms with Gasteiger partial charge in [-0.15, -0.1) is 58.0 Å². The van der Waals surface area contributed by atoms with E-state index in [-0.39, 0.29) is 109 Å². The first-order valence-corrected chi connectivity index (χ1v) is 44.2. The molecule has 0 spiro atoms. The Bertz CT molecular complexity index is 3750. The highest BCUT2D eigenvalue weighted by molar-refractivity contribution is 15.0. The largest absolute Gasteiger partial charge is 0.480 e. The van der Waals surface area contributed by atoms with Crippen molar-refractivity contribution >= 4 is 152 Å². The molecule has 0 aliphatic carbocycles. The molecule has 0 aliphatic rings. The second kappa shape index (κ2) is 56.8. The van der Waals surface area contributed by atoms with Crippen molar-refractivity contribution in [3.05, 3.63) is 193 Å². The van der Waals surface area contributed by atoms with Crippen molar-refractivity contribution < 1.29 is 76.6 Å². The van der Waals surface area contributed by atoms with Gasteiger partial charge in [0.15, 0.2) is 6.04 Å². The highest BCUT2D eigenvalue weighted by Gasteiger charge is 2.30. The number of hydrogen-bond donors (Lipinski definition) is 8. The van der Waals surface area contributed by atoms with E-state index in [0.717, 1.165) is 42.7 Å². The second-order valence-corrected chi connectivity index (χ2v) is 30.2. The number of benzene rings is 4. The van der Waals surface area contributed by atoms with Crippen molar-refractivity contribution in [3.63, 3.8) is 0 Å². The van der Waals surface area contributed by atoms with Crippen LogP contribution in [-0.2, 0) is 93.0 Å². The van der Waals surface area contributed by atoms with Crippen molar-refractivity contribution in [2.75, 3.05) is 48.2 Å². The van der Waals surface area contributed by atoms with Gasteiger partial charge < -0.3 is 80.4 Å². The number of amides is 8. The summed E-state index contributed by atoms with van der Waals surface area (Å²) in [6.07, 6.45) is 5.41. The van der Waals surface area contributed by atoms with Gasteiger partial charge in [0.1, 0.15) is 36.5 Å². The molecule has 8 N–H and O–H groups in total. The van der Waals surface area contributed by atoms with E-state index in [9.17, 15) is 38.4 Å². The highest BCUT2D eigenvalue weighted by Crippen LogP contribution is 2.22. The van der Waals surface area contributed by atoms with Gasteiger partial charge in [-0.05, 0) is 115 Å². The van der Waals surface area contributed by atoms with Crippen LogP contribution in [0.1, 0.15) is 137 Å². The summed E-state index contributed by atoms with van der Waals surface area (Å²) in [5.41, 5.74) is 7.07. The average Bonchev–Trinajstić information content (AvgIpc) is 1.76. The molecule has 4 aromatic carbocycles. The molecule has 3 radical (unpaired) electrons. The molecule has 112 heavy (non-hydrogen) atoms. The van der Waals surface area contributed by atoms with Gasteiger partial charge in [0, 0.05) is 122 Å². The lowest BCUT2D eigenvalue weighted by Crippen LogP contribution is -2.54. The number of carboxylic acid groups (broad SMARTS) is 1. The maximum absolute atomic E-state index is 13.7. The lowest BCUT2D eigenvalue weighted by atomic mass is 9.96. The number of hydrogen-bond acceptors (Lipinski definition) is 21. The predicted octanol–water partition coefficient (Wildman–Crippen LogP) is 14.2. The molecule has 0 fully saturated rings. The molecular weight excluding hydrogens is 1830 g/mol. The predicted molar refractivity (Wildman–Crippen MR) is 467 cm³/mol. The topological polar surface area (TPSA) is 348 Å². The normalized spacial score (nSPS) is 12.6. The molecule has 0 aliphatic heterocycles. The Morgan fingerprint density at radius 2 is 0.821 bits per heavy atom. The van der Waals surface area contributed by atoms with Crippen LogP contribution in [0.2, 0.25) is 0 Å². The summed E-state index contributed by atoms with van der Waals surface area (Å²) in [5.74, 6) is -1.59. The molecule has 0 saturated heterocycles. The lowest BCUT2D eigenvalue weighted by molar-refractivity contribution is -0.140. The van der Waals surface area contributed by atoms with Crippen LogP contribution in [-0.4, -0.2) is 183 Å². The first-order chi connectivity index (χ1) is 52.1. The molecule has 3 aromatic heterocycles. The molecule has 3 heterocycles. The van der Waals surface area contributed by atoms with Gasteiger partial charge >= 0.3 is 36.4 Å². The number of urea groups is 1. The summed E-state index contributed by atoms with van der Waals surface area (Å²) in [4.78, 5) is 116. The number of carbonyl (C=O) groups excluding carboxylic acids is 7. The first kappa shape index (κ1) is 103. The maximum atomic E-state index is 13.7. The quantitative estimate of drug-likeness (QED) is 0.0102.